The van der Waals surface area contributed by atoms with Gasteiger partial charge in [-0.25, -0.2) is 0 Å². The monoisotopic (exact) mass is 360 g/mol. The van der Waals surface area contributed by atoms with E-state index in [1.807, 2.05) is 37.4 Å². The van der Waals surface area contributed by atoms with Crippen molar-refractivity contribution in [1.82, 2.24) is 4.90 Å². The molecule has 0 aromatic heterocycles. The quantitative estimate of drug-likeness (QED) is 0.427. The number of thioether (sulfide) groups is 1. The standard InChI is InChI=1S/C18H20N2O4S/c1-13-6-4-5-7-17(13)24-11-10-19(2)18(21)15-12-14(25-3)8-9-16(15)20(22)23/h4-9,12H,10-11H2,1-3H3. The Labute approximate surface area is 150 Å². The first-order valence-electron chi connectivity index (χ1n) is 7.70. The minimum atomic E-state index is -0.533. The second-order valence-corrected chi connectivity index (χ2v) is 6.36. The fourth-order valence-electron chi connectivity index (χ4n) is 2.29. The summed E-state index contributed by atoms with van der Waals surface area (Å²) in [6.07, 6.45) is 1.86. The summed E-state index contributed by atoms with van der Waals surface area (Å²) in [6.45, 7) is 2.58. The number of carbonyl (C=O) groups is 1. The lowest BCUT2D eigenvalue weighted by Gasteiger charge is -2.18. The lowest BCUT2D eigenvalue weighted by molar-refractivity contribution is -0.385. The number of ether oxygens (including phenoxy) is 1. The summed E-state index contributed by atoms with van der Waals surface area (Å²) in [4.78, 5) is 25.5. The molecule has 25 heavy (non-hydrogen) atoms. The Balaban J connectivity index is 2.07. The Kier molecular flexibility index (Phi) is 6.41. The highest BCUT2D eigenvalue weighted by Gasteiger charge is 2.23. The summed E-state index contributed by atoms with van der Waals surface area (Å²) in [5.74, 6) is 0.370. The molecule has 2 aromatic rings. The van der Waals surface area contributed by atoms with Crippen molar-refractivity contribution < 1.29 is 14.5 Å². The molecular formula is C18H20N2O4S. The number of amides is 1. The number of nitrogens with zero attached hydrogens (tertiary/aromatic N) is 2. The topological polar surface area (TPSA) is 72.7 Å². The van der Waals surface area contributed by atoms with E-state index in [9.17, 15) is 14.9 Å². The molecule has 6 nitrogen and oxygen atoms in total. The predicted octanol–water partition coefficient (Wildman–Crippen LogP) is 3.78. The third-order valence-corrected chi connectivity index (χ3v) is 4.48. The highest BCUT2D eigenvalue weighted by atomic mass is 32.2. The van der Waals surface area contributed by atoms with Crippen LogP contribution in [-0.2, 0) is 0 Å². The van der Waals surface area contributed by atoms with E-state index in [-0.39, 0.29) is 11.3 Å². The molecular weight excluding hydrogens is 340 g/mol. The van der Waals surface area contributed by atoms with Crippen LogP contribution in [0, 0.1) is 17.0 Å². The fourth-order valence-corrected chi connectivity index (χ4v) is 2.73. The Hall–Kier alpha value is -2.54. The highest BCUT2D eigenvalue weighted by molar-refractivity contribution is 7.98. The summed E-state index contributed by atoms with van der Waals surface area (Å²) in [5.41, 5.74) is 0.921. The number of nitro groups is 1. The molecule has 7 heteroatoms. The number of benzene rings is 2. The minimum absolute atomic E-state index is 0.0928. The summed E-state index contributed by atoms with van der Waals surface area (Å²) >= 11 is 1.43. The second-order valence-electron chi connectivity index (χ2n) is 5.48. The number of carbonyl (C=O) groups excluding carboxylic acids is 1. The summed E-state index contributed by atoms with van der Waals surface area (Å²) in [5, 5.41) is 11.2. The Morgan fingerprint density at radius 3 is 2.64 bits per heavy atom. The molecule has 0 radical (unpaired) electrons. The van der Waals surface area contributed by atoms with Crippen LogP contribution in [0.4, 0.5) is 5.69 Å². The van der Waals surface area contributed by atoms with Gasteiger partial charge in [0.2, 0.25) is 0 Å². The number of likely N-dealkylation sites (N-methyl/N-ethyl adjacent to an activating group) is 1. The molecule has 0 aliphatic heterocycles. The average molecular weight is 360 g/mol. The van der Waals surface area contributed by atoms with Gasteiger partial charge in [-0.2, -0.15) is 0 Å². The van der Waals surface area contributed by atoms with Gasteiger partial charge >= 0.3 is 0 Å². The van der Waals surface area contributed by atoms with Gasteiger partial charge in [0.05, 0.1) is 11.5 Å². The molecule has 0 saturated carbocycles. The van der Waals surface area contributed by atoms with Crippen LogP contribution in [0.15, 0.2) is 47.4 Å². The van der Waals surface area contributed by atoms with Crippen LogP contribution < -0.4 is 4.74 Å². The molecule has 0 fully saturated rings. The van der Waals surface area contributed by atoms with Gasteiger partial charge in [-0.15, -0.1) is 11.8 Å². The van der Waals surface area contributed by atoms with Crippen LogP contribution in [0.5, 0.6) is 5.75 Å². The number of hydrogen-bond donors (Lipinski definition) is 0. The van der Waals surface area contributed by atoms with Crippen molar-refractivity contribution in [3.05, 3.63) is 63.7 Å². The maximum atomic E-state index is 12.6. The van der Waals surface area contributed by atoms with Crippen LogP contribution in [0.25, 0.3) is 0 Å². The van der Waals surface area contributed by atoms with E-state index in [0.29, 0.717) is 13.2 Å². The number of rotatable bonds is 7. The van der Waals surface area contributed by atoms with Crippen molar-refractivity contribution in [1.29, 1.82) is 0 Å². The van der Waals surface area contributed by atoms with Gasteiger partial charge in [-0.1, -0.05) is 18.2 Å². The molecule has 0 bridgehead atoms. The van der Waals surface area contributed by atoms with Crippen molar-refractivity contribution in [2.24, 2.45) is 0 Å². The Bertz CT molecular complexity index is 779. The van der Waals surface area contributed by atoms with Gasteiger partial charge in [-0.3, -0.25) is 14.9 Å². The number of aryl methyl sites for hydroxylation is 1. The van der Waals surface area contributed by atoms with Gasteiger partial charge in [-0.05, 0) is 36.9 Å². The van der Waals surface area contributed by atoms with Crippen LogP contribution in [0.2, 0.25) is 0 Å². The molecule has 0 saturated heterocycles. The van der Waals surface area contributed by atoms with E-state index >= 15 is 0 Å². The first-order chi connectivity index (χ1) is 11.9. The average Bonchev–Trinajstić information content (AvgIpc) is 2.61. The van der Waals surface area contributed by atoms with Crippen molar-refractivity contribution in [3.8, 4) is 5.75 Å². The maximum absolute atomic E-state index is 12.6. The SMILES string of the molecule is CSc1ccc([N+](=O)[O-])c(C(=O)N(C)CCOc2ccccc2C)c1. The Morgan fingerprint density at radius 1 is 1.28 bits per heavy atom. The molecule has 2 rings (SSSR count). The first kappa shape index (κ1) is 18.8. The van der Waals surface area contributed by atoms with Crippen molar-refractivity contribution in [2.45, 2.75) is 11.8 Å². The van der Waals surface area contributed by atoms with Gasteiger partial charge in [0.15, 0.2) is 0 Å². The fraction of sp³-hybridized carbons (Fsp3) is 0.278. The summed E-state index contributed by atoms with van der Waals surface area (Å²) < 4.78 is 5.68. The van der Waals surface area contributed by atoms with E-state index in [2.05, 4.69) is 0 Å². The van der Waals surface area contributed by atoms with E-state index in [1.165, 1.54) is 22.7 Å². The molecule has 0 aliphatic carbocycles. The molecule has 0 atom stereocenters. The van der Waals surface area contributed by atoms with Crippen molar-refractivity contribution in [2.75, 3.05) is 26.5 Å². The summed E-state index contributed by atoms with van der Waals surface area (Å²) in [6, 6.07) is 12.2. The molecule has 2 aromatic carbocycles. The minimum Gasteiger partial charge on any atom is -0.491 e. The van der Waals surface area contributed by atoms with Crippen LogP contribution in [0.1, 0.15) is 15.9 Å². The van der Waals surface area contributed by atoms with E-state index in [0.717, 1.165) is 16.2 Å². The largest absolute Gasteiger partial charge is 0.491 e. The zero-order valence-corrected chi connectivity index (χ0v) is 15.2. The zero-order valence-electron chi connectivity index (χ0n) is 14.4. The highest BCUT2D eigenvalue weighted by Crippen LogP contribution is 2.25. The molecule has 0 N–H and O–H groups in total. The van der Waals surface area contributed by atoms with Crippen molar-refractivity contribution in [3.63, 3.8) is 0 Å². The molecule has 0 spiro atoms. The normalized spacial score (nSPS) is 10.4. The second kappa shape index (κ2) is 8.53. The van der Waals surface area contributed by atoms with Gasteiger partial charge in [0, 0.05) is 18.0 Å². The zero-order chi connectivity index (χ0) is 18.4. The van der Waals surface area contributed by atoms with Crippen LogP contribution in [0.3, 0.4) is 0 Å². The predicted molar refractivity (Wildman–Crippen MR) is 98.5 cm³/mol. The molecule has 0 unspecified atom stereocenters. The van der Waals surface area contributed by atoms with Gasteiger partial charge < -0.3 is 9.64 Å². The van der Waals surface area contributed by atoms with E-state index in [1.54, 1.807) is 19.2 Å². The van der Waals surface area contributed by atoms with Gasteiger partial charge in [0.25, 0.3) is 11.6 Å². The summed E-state index contributed by atoms with van der Waals surface area (Å²) in [7, 11) is 1.61. The molecule has 1 amide bonds. The molecule has 0 heterocycles. The number of hydrogen-bond acceptors (Lipinski definition) is 5. The lowest BCUT2D eigenvalue weighted by atomic mass is 10.1. The smallest absolute Gasteiger partial charge is 0.282 e. The number of nitro benzene ring substituents is 1. The first-order valence-corrected chi connectivity index (χ1v) is 8.93. The molecule has 132 valence electrons. The van der Waals surface area contributed by atoms with E-state index in [4.69, 9.17) is 4.74 Å². The van der Waals surface area contributed by atoms with Crippen LogP contribution >= 0.6 is 11.8 Å². The van der Waals surface area contributed by atoms with Crippen molar-refractivity contribution >= 4 is 23.4 Å². The van der Waals surface area contributed by atoms with E-state index < -0.39 is 10.8 Å². The third kappa shape index (κ3) is 4.73. The van der Waals surface area contributed by atoms with Crippen LogP contribution in [-0.4, -0.2) is 42.2 Å². The lowest BCUT2D eigenvalue weighted by Crippen LogP contribution is -2.31. The Morgan fingerprint density at radius 2 is 2.00 bits per heavy atom. The van der Waals surface area contributed by atoms with Gasteiger partial charge in [0.1, 0.15) is 17.9 Å². The molecule has 0 aliphatic rings. The maximum Gasteiger partial charge on any atom is 0.282 e. The number of para-hydroxylation sites is 1. The third-order valence-electron chi connectivity index (χ3n) is 3.76.